The molecule has 2 aromatic heterocycles. The lowest BCUT2D eigenvalue weighted by atomic mass is 10.2. The predicted molar refractivity (Wildman–Crippen MR) is 92.5 cm³/mol. The molecular weight excluding hydrogens is 302 g/mol. The zero-order valence-electron chi connectivity index (χ0n) is 15.1. The molecule has 0 N–H and O–H groups in total. The number of aryl methyl sites for hydroxylation is 1. The van der Waals surface area contributed by atoms with Crippen LogP contribution in [0, 0.1) is 6.92 Å². The van der Waals surface area contributed by atoms with Crippen LogP contribution in [-0.4, -0.2) is 50.9 Å². The molecule has 1 fully saturated rings. The summed E-state index contributed by atoms with van der Waals surface area (Å²) in [5.74, 6) is 2.16. The lowest BCUT2D eigenvalue weighted by Crippen LogP contribution is -2.34. The number of likely N-dealkylation sites (N-methyl/N-ethyl adjacent to an activating group) is 1. The standard InChI is InChI=1S/C18H27N5O/c1-13(2)17-9-21-18(24-17)12-22(4)16-5-6-23(11-16)10-15-8-19-14(3)7-20-15/h7-9,13,16H,5-6,10-12H2,1-4H3/t16-/m0/s1. The SMILES string of the molecule is Cc1cnc(CN2CC[C@H](N(C)Cc3ncc(C(C)C)o3)C2)cn1. The third-order valence-corrected chi connectivity index (χ3v) is 4.62. The Morgan fingerprint density at radius 1 is 1.25 bits per heavy atom. The molecule has 0 bridgehead atoms. The summed E-state index contributed by atoms with van der Waals surface area (Å²) in [6.07, 6.45) is 6.73. The molecule has 130 valence electrons. The van der Waals surface area contributed by atoms with Crippen LogP contribution in [0.2, 0.25) is 0 Å². The number of hydrogen-bond acceptors (Lipinski definition) is 6. The van der Waals surface area contributed by atoms with Crippen LogP contribution in [0.3, 0.4) is 0 Å². The van der Waals surface area contributed by atoms with E-state index in [0.29, 0.717) is 12.0 Å². The highest BCUT2D eigenvalue weighted by molar-refractivity contribution is 5.02. The van der Waals surface area contributed by atoms with E-state index >= 15 is 0 Å². The normalized spacial score (nSPS) is 18.8. The molecule has 0 spiro atoms. The molecule has 0 amide bonds. The minimum absolute atomic E-state index is 0.383. The summed E-state index contributed by atoms with van der Waals surface area (Å²) in [5.41, 5.74) is 2.00. The molecule has 3 heterocycles. The number of rotatable bonds is 6. The number of likely N-dealkylation sites (tertiary alicyclic amines) is 1. The summed E-state index contributed by atoms with van der Waals surface area (Å²) >= 11 is 0. The van der Waals surface area contributed by atoms with Gasteiger partial charge in [-0.3, -0.25) is 19.8 Å². The average molecular weight is 329 g/mol. The second kappa shape index (κ2) is 7.40. The number of oxazole rings is 1. The Bertz CT molecular complexity index is 652. The predicted octanol–water partition coefficient (Wildman–Crippen LogP) is 2.60. The van der Waals surface area contributed by atoms with Crippen LogP contribution in [0.1, 0.15) is 49.2 Å². The van der Waals surface area contributed by atoms with E-state index in [1.54, 1.807) is 0 Å². The molecule has 1 aliphatic rings. The van der Waals surface area contributed by atoms with Gasteiger partial charge in [-0.15, -0.1) is 0 Å². The van der Waals surface area contributed by atoms with E-state index < -0.39 is 0 Å². The van der Waals surface area contributed by atoms with E-state index in [1.165, 1.54) is 0 Å². The van der Waals surface area contributed by atoms with Gasteiger partial charge >= 0.3 is 0 Å². The quantitative estimate of drug-likeness (QED) is 0.812. The van der Waals surface area contributed by atoms with Gasteiger partial charge in [0, 0.05) is 44.0 Å². The van der Waals surface area contributed by atoms with E-state index in [-0.39, 0.29) is 0 Å². The van der Waals surface area contributed by atoms with Gasteiger partial charge in [0.15, 0.2) is 0 Å². The molecular formula is C18H27N5O. The molecule has 3 rings (SSSR count). The molecule has 0 aromatic carbocycles. The van der Waals surface area contributed by atoms with Crippen molar-refractivity contribution >= 4 is 0 Å². The Morgan fingerprint density at radius 3 is 2.75 bits per heavy atom. The van der Waals surface area contributed by atoms with Crippen molar-refractivity contribution in [1.82, 2.24) is 24.8 Å². The summed E-state index contributed by atoms with van der Waals surface area (Å²) in [5, 5.41) is 0. The van der Waals surface area contributed by atoms with Crippen molar-refractivity contribution in [2.45, 2.75) is 52.2 Å². The minimum atomic E-state index is 0.383. The summed E-state index contributed by atoms with van der Waals surface area (Å²) in [6.45, 7) is 9.97. The number of aromatic nitrogens is 3. The monoisotopic (exact) mass is 329 g/mol. The van der Waals surface area contributed by atoms with E-state index in [2.05, 4.69) is 45.6 Å². The summed E-state index contributed by atoms with van der Waals surface area (Å²) in [7, 11) is 2.15. The summed E-state index contributed by atoms with van der Waals surface area (Å²) in [6, 6.07) is 0.526. The summed E-state index contributed by atoms with van der Waals surface area (Å²) in [4.78, 5) is 18.0. The van der Waals surface area contributed by atoms with Crippen molar-refractivity contribution in [1.29, 1.82) is 0 Å². The Labute approximate surface area is 143 Å². The van der Waals surface area contributed by atoms with Crippen LogP contribution >= 0.6 is 0 Å². The maximum atomic E-state index is 5.82. The van der Waals surface area contributed by atoms with Gasteiger partial charge in [0.25, 0.3) is 0 Å². The fourth-order valence-electron chi connectivity index (χ4n) is 3.05. The third-order valence-electron chi connectivity index (χ3n) is 4.62. The highest BCUT2D eigenvalue weighted by Gasteiger charge is 2.26. The van der Waals surface area contributed by atoms with Crippen molar-refractivity contribution in [3.05, 3.63) is 41.6 Å². The Kier molecular flexibility index (Phi) is 5.26. The van der Waals surface area contributed by atoms with E-state index in [0.717, 1.165) is 55.6 Å². The topological polar surface area (TPSA) is 58.3 Å². The Hall–Kier alpha value is -1.79. The zero-order valence-corrected chi connectivity index (χ0v) is 15.1. The lowest BCUT2D eigenvalue weighted by molar-refractivity contribution is 0.203. The van der Waals surface area contributed by atoms with E-state index in [9.17, 15) is 0 Å². The van der Waals surface area contributed by atoms with Crippen LogP contribution in [0.4, 0.5) is 0 Å². The first-order chi connectivity index (χ1) is 11.5. The molecule has 1 saturated heterocycles. The fraction of sp³-hybridized carbons (Fsp3) is 0.611. The molecule has 1 atom stereocenters. The number of nitrogens with zero attached hydrogens (tertiary/aromatic N) is 5. The number of hydrogen-bond donors (Lipinski definition) is 0. The van der Waals surface area contributed by atoms with Crippen molar-refractivity contribution in [2.75, 3.05) is 20.1 Å². The zero-order chi connectivity index (χ0) is 17.1. The van der Waals surface area contributed by atoms with Crippen molar-refractivity contribution < 1.29 is 4.42 Å². The van der Waals surface area contributed by atoms with Gasteiger partial charge in [-0.1, -0.05) is 13.8 Å². The average Bonchev–Trinajstić information content (AvgIpc) is 3.19. The molecule has 6 nitrogen and oxygen atoms in total. The fourth-order valence-corrected chi connectivity index (χ4v) is 3.05. The molecule has 1 aliphatic heterocycles. The van der Waals surface area contributed by atoms with Gasteiger partial charge in [0.1, 0.15) is 5.76 Å². The van der Waals surface area contributed by atoms with Crippen LogP contribution < -0.4 is 0 Å². The van der Waals surface area contributed by atoms with Crippen LogP contribution in [0.15, 0.2) is 23.0 Å². The molecule has 0 unspecified atom stereocenters. The third kappa shape index (κ3) is 4.19. The summed E-state index contributed by atoms with van der Waals surface area (Å²) < 4.78 is 5.82. The highest BCUT2D eigenvalue weighted by atomic mass is 16.4. The second-order valence-corrected chi connectivity index (χ2v) is 7.05. The van der Waals surface area contributed by atoms with Gasteiger partial charge in [0.05, 0.1) is 24.1 Å². The van der Waals surface area contributed by atoms with Crippen LogP contribution in [-0.2, 0) is 13.1 Å². The van der Waals surface area contributed by atoms with Crippen LogP contribution in [0.5, 0.6) is 0 Å². The first-order valence-electron chi connectivity index (χ1n) is 8.66. The van der Waals surface area contributed by atoms with Crippen molar-refractivity contribution in [3.8, 4) is 0 Å². The maximum absolute atomic E-state index is 5.82. The molecule has 2 aromatic rings. The van der Waals surface area contributed by atoms with Crippen molar-refractivity contribution in [2.24, 2.45) is 0 Å². The van der Waals surface area contributed by atoms with Crippen molar-refractivity contribution in [3.63, 3.8) is 0 Å². The van der Waals surface area contributed by atoms with Gasteiger partial charge in [-0.2, -0.15) is 0 Å². The van der Waals surface area contributed by atoms with Gasteiger partial charge in [-0.25, -0.2) is 4.98 Å². The lowest BCUT2D eigenvalue weighted by Gasteiger charge is -2.23. The largest absolute Gasteiger partial charge is 0.444 e. The molecule has 24 heavy (non-hydrogen) atoms. The molecule has 6 heteroatoms. The smallest absolute Gasteiger partial charge is 0.208 e. The van der Waals surface area contributed by atoms with E-state index in [1.807, 2.05) is 25.5 Å². The minimum Gasteiger partial charge on any atom is -0.444 e. The molecule has 0 aliphatic carbocycles. The Morgan fingerprint density at radius 2 is 2.08 bits per heavy atom. The first-order valence-corrected chi connectivity index (χ1v) is 8.66. The van der Waals surface area contributed by atoms with Gasteiger partial charge in [0.2, 0.25) is 5.89 Å². The van der Waals surface area contributed by atoms with Gasteiger partial charge < -0.3 is 4.42 Å². The first kappa shape index (κ1) is 17.0. The highest BCUT2D eigenvalue weighted by Crippen LogP contribution is 2.20. The van der Waals surface area contributed by atoms with Gasteiger partial charge in [-0.05, 0) is 20.4 Å². The molecule has 0 saturated carbocycles. The van der Waals surface area contributed by atoms with E-state index in [4.69, 9.17) is 4.42 Å². The second-order valence-electron chi connectivity index (χ2n) is 7.05. The molecule has 0 radical (unpaired) electrons. The van der Waals surface area contributed by atoms with Crippen LogP contribution in [0.25, 0.3) is 0 Å². The maximum Gasteiger partial charge on any atom is 0.208 e. The Balaban J connectivity index is 1.51.